The SMILES string of the molecule is c1ccc2c(c1)-c1ccccc1C21c2ccccc2-c2c1cc1cc(-c3ccc4ccc5cccc6ccc3c4c56)ccc1c2-c1ccc2oc3ccccc3c2c1. The zero-order chi connectivity index (χ0) is 37.7. The van der Waals surface area contributed by atoms with Gasteiger partial charge < -0.3 is 4.42 Å². The van der Waals surface area contributed by atoms with Gasteiger partial charge in [0.2, 0.25) is 0 Å². The molecule has 2 aliphatic carbocycles. The molecule has 0 amide bonds. The Hall–Kier alpha value is -7.48. The molecule has 0 saturated heterocycles. The van der Waals surface area contributed by atoms with Crippen LogP contribution in [0, 0.1) is 0 Å². The zero-order valence-electron chi connectivity index (χ0n) is 31.4. The van der Waals surface area contributed by atoms with Crippen molar-refractivity contribution in [2.45, 2.75) is 5.41 Å². The van der Waals surface area contributed by atoms with Gasteiger partial charge >= 0.3 is 0 Å². The first-order valence-electron chi connectivity index (χ1n) is 20.2. The first-order valence-corrected chi connectivity index (χ1v) is 20.2. The van der Waals surface area contributed by atoms with E-state index >= 15 is 0 Å². The molecule has 1 spiro atoms. The van der Waals surface area contributed by atoms with Crippen molar-refractivity contribution in [3.63, 3.8) is 0 Å². The number of furan rings is 1. The van der Waals surface area contributed by atoms with E-state index in [4.69, 9.17) is 4.42 Å². The van der Waals surface area contributed by atoms with E-state index in [-0.39, 0.29) is 0 Å². The second-order valence-corrected chi connectivity index (χ2v) is 16.3. The third kappa shape index (κ3) is 3.72. The van der Waals surface area contributed by atoms with Gasteiger partial charge in [0.05, 0.1) is 5.41 Å². The fourth-order valence-corrected chi connectivity index (χ4v) is 11.3. The molecule has 12 aromatic rings. The molecule has 2 aliphatic rings. The molecule has 0 unspecified atom stereocenters. The van der Waals surface area contributed by atoms with Crippen molar-refractivity contribution < 1.29 is 4.42 Å². The first-order chi connectivity index (χ1) is 28.8. The highest BCUT2D eigenvalue weighted by atomic mass is 16.3. The molecule has 14 rings (SSSR count). The second kappa shape index (κ2) is 10.9. The Morgan fingerprint density at radius 2 is 0.897 bits per heavy atom. The summed E-state index contributed by atoms with van der Waals surface area (Å²) in [6.45, 7) is 0. The van der Waals surface area contributed by atoms with Crippen molar-refractivity contribution in [1.29, 1.82) is 0 Å². The van der Waals surface area contributed by atoms with Gasteiger partial charge in [-0.25, -0.2) is 0 Å². The van der Waals surface area contributed by atoms with E-state index in [9.17, 15) is 0 Å². The van der Waals surface area contributed by atoms with Gasteiger partial charge in [0, 0.05) is 10.8 Å². The molecule has 0 radical (unpaired) electrons. The van der Waals surface area contributed by atoms with Gasteiger partial charge in [-0.05, 0) is 140 Å². The van der Waals surface area contributed by atoms with Crippen LogP contribution in [0.2, 0.25) is 0 Å². The van der Waals surface area contributed by atoms with Crippen molar-refractivity contribution in [1.82, 2.24) is 0 Å². The van der Waals surface area contributed by atoms with E-state index in [0.29, 0.717) is 0 Å². The highest BCUT2D eigenvalue weighted by Crippen LogP contribution is 2.65. The fraction of sp³-hybridized carbons (Fsp3) is 0.0175. The van der Waals surface area contributed by atoms with Gasteiger partial charge in [-0.15, -0.1) is 0 Å². The van der Waals surface area contributed by atoms with E-state index in [1.807, 2.05) is 0 Å². The van der Waals surface area contributed by atoms with Gasteiger partial charge in [-0.1, -0.05) is 164 Å². The summed E-state index contributed by atoms with van der Waals surface area (Å²) in [6, 6.07) is 72.8. The molecule has 1 aromatic heterocycles. The van der Waals surface area contributed by atoms with Crippen LogP contribution in [0.4, 0.5) is 0 Å². The third-order valence-electron chi connectivity index (χ3n) is 13.6. The summed E-state index contributed by atoms with van der Waals surface area (Å²) < 4.78 is 6.38. The predicted molar refractivity (Wildman–Crippen MR) is 242 cm³/mol. The van der Waals surface area contributed by atoms with Crippen LogP contribution in [-0.4, -0.2) is 0 Å². The molecule has 266 valence electrons. The van der Waals surface area contributed by atoms with Crippen LogP contribution in [0.25, 0.3) is 110 Å². The van der Waals surface area contributed by atoms with Crippen molar-refractivity contribution >= 4 is 65.0 Å². The van der Waals surface area contributed by atoms with E-state index < -0.39 is 5.41 Å². The summed E-state index contributed by atoms with van der Waals surface area (Å²) in [4.78, 5) is 0. The summed E-state index contributed by atoms with van der Waals surface area (Å²) in [5.74, 6) is 0. The molecule has 58 heavy (non-hydrogen) atoms. The molecule has 0 N–H and O–H groups in total. The van der Waals surface area contributed by atoms with Crippen molar-refractivity contribution in [3.05, 3.63) is 216 Å². The summed E-state index contributed by atoms with van der Waals surface area (Å²) in [7, 11) is 0. The maximum Gasteiger partial charge on any atom is 0.135 e. The molecule has 0 saturated carbocycles. The number of fused-ring (bicyclic) bond motifs is 14. The standard InChI is InChI=1S/C57H32O/c1-5-16-47-41(12-1)42-13-2-6-17-48(42)57(47)49-18-7-3-15-45(49)56-50(57)32-38-30-36(39-26-22-35-21-20-33-10-9-11-34-23-28-44(39)54(35)53(33)34)24-27-40(38)55(56)37-25-29-52-46(31-37)43-14-4-8-19-51(43)58-52/h1-32H. The third-order valence-corrected chi connectivity index (χ3v) is 13.6. The average molecular weight is 733 g/mol. The van der Waals surface area contributed by atoms with Crippen LogP contribution in [0.15, 0.2) is 199 Å². The van der Waals surface area contributed by atoms with E-state index in [0.717, 1.165) is 21.9 Å². The van der Waals surface area contributed by atoms with E-state index in [2.05, 4.69) is 194 Å². The molecule has 11 aromatic carbocycles. The number of hydrogen-bond acceptors (Lipinski definition) is 1. The lowest BCUT2D eigenvalue weighted by Gasteiger charge is -2.31. The molecular weight excluding hydrogens is 701 g/mol. The second-order valence-electron chi connectivity index (χ2n) is 16.3. The average Bonchev–Trinajstić information content (AvgIpc) is 3.91. The summed E-state index contributed by atoms with van der Waals surface area (Å²) in [6.07, 6.45) is 0. The van der Waals surface area contributed by atoms with Crippen LogP contribution < -0.4 is 0 Å². The maximum atomic E-state index is 6.38. The topological polar surface area (TPSA) is 13.1 Å². The zero-order valence-corrected chi connectivity index (χ0v) is 31.4. The normalized spacial score (nSPS) is 13.7. The number of hydrogen-bond donors (Lipinski definition) is 0. The smallest absolute Gasteiger partial charge is 0.135 e. The minimum atomic E-state index is -0.461. The van der Waals surface area contributed by atoms with Crippen molar-refractivity contribution in [2.24, 2.45) is 0 Å². The van der Waals surface area contributed by atoms with Crippen LogP contribution in [0.5, 0.6) is 0 Å². The lowest BCUT2D eigenvalue weighted by Crippen LogP contribution is -2.25. The molecule has 0 atom stereocenters. The van der Waals surface area contributed by atoms with Gasteiger partial charge in [-0.2, -0.15) is 0 Å². The Bertz CT molecular complexity index is 3690. The van der Waals surface area contributed by atoms with Crippen molar-refractivity contribution in [3.8, 4) is 44.5 Å². The molecule has 0 bridgehead atoms. The van der Waals surface area contributed by atoms with Crippen LogP contribution >= 0.6 is 0 Å². The summed E-state index contributed by atoms with van der Waals surface area (Å²) in [5.41, 5.74) is 17.0. The molecular formula is C57H32O. The Morgan fingerprint density at radius 1 is 0.293 bits per heavy atom. The highest BCUT2D eigenvalue weighted by molar-refractivity contribution is 6.26. The summed E-state index contributed by atoms with van der Waals surface area (Å²) >= 11 is 0. The Labute approximate surface area is 334 Å². The van der Waals surface area contributed by atoms with Crippen LogP contribution in [-0.2, 0) is 5.41 Å². The van der Waals surface area contributed by atoms with Crippen LogP contribution in [0.3, 0.4) is 0 Å². The Kier molecular flexibility index (Phi) is 5.76. The first kappa shape index (κ1) is 30.7. The fourth-order valence-electron chi connectivity index (χ4n) is 11.3. The molecule has 1 nitrogen and oxygen atoms in total. The van der Waals surface area contributed by atoms with Gasteiger partial charge in [-0.3, -0.25) is 0 Å². The Morgan fingerprint density at radius 3 is 1.69 bits per heavy atom. The largest absolute Gasteiger partial charge is 0.456 e. The molecule has 0 aliphatic heterocycles. The summed E-state index contributed by atoms with van der Waals surface area (Å²) in [5, 5.41) is 12.6. The lowest BCUT2D eigenvalue weighted by molar-refractivity contribution is 0.669. The van der Waals surface area contributed by atoms with E-state index in [1.165, 1.54) is 110 Å². The molecule has 0 fully saturated rings. The molecule has 1 heteroatoms. The number of rotatable bonds is 2. The lowest BCUT2D eigenvalue weighted by atomic mass is 9.70. The van der Waals surface area contributed by atoms with Gasteiger partial charge in [0.25, 0.3) is 0 Å². The van der Waals surface area contributed by atoms with Crippen LogP contribution in [0.1, 0.15) is 22.3 Å². The monoisotopic (exact) mass is 732 g/mol. The van der Waals surface area contributed by atoms with E-state index in [1.54, 1.807) is 0 Å². The number of benzene rings is 11. The predicted octanol–water partition coefficient (Wildman–Crippen LogP) is 15.3. The maximum absolute atomic E-state index is 6.38. The minimum Gasteiger partial charge on any atom is -0.456 e. The Balaban J connectivity index is 1.12. The van der Waals surface area contributed by atoms with Gasteiger partial charge in [0.15, 0.2) is 0 Å². The number of para-hydroxylation sites is 1. The quantitative estimate of drug-likeness (QED) is 0.161. The minimum absolute atomic E-state index is 0.461. The van der Waals surface area contributed by atoms with Gasteiger partial charge in [0.1, 0.15) is 11.2 Å². The highest BCUT2D eigenvalue weighted by Gasteiger charge is 2.52. The molecule has 1 heterocycles. The van der Waals surface area contributed by atoms with Crippen molar-refractivity contribution in [2.75, 3.05) is 0 Å².